The molecule has 9 heteroatoms. The second-order valence-corrected chi connectivity index (χ2v) is 5.31. The summed E-state index contributed by atoms with van der Waals surface area (Å²) in [4.78, 5) is 23.6. The molecule has 0 saturated heterocycles. The van der Waals surface area contributed by atoms with Gasteiger partial charge in [-0.2, -0.15) is 5.10 Å². The Balaban J connectivity index is 1.97. The Morgan fingerprint density at radius 2 is 1.85 bits per heavy atom. The molecule has 2 amide bonds. The van der Waals surface area contributed by atoms with Crippen molar-refractivity contribution in [2.75, 3.05) is 19.5 Å². The number of benzene rings is 2. The molecule has 136 valence electrons. The summed E-state index contributed by atoms with van der Waals surface area (Å²) in [6.07, 6.45) is 1.19. The van der Waals surface area contributed by atoms with E-state index in [9.17, 15) is 14.7 Å². The van der Waals surface area contributed by atoms with E-state index in [2.05, 4.69) is 15.8 Å². The minimum Gasteiger partial charge on any atom is -0.504 e. The number of hydrazone groups is 1. The van der Waals surface area contributed by atoms with Crippen LogP contribution >= 0.6 is 11.6 Å². The maximum Gasteiger partial charge on any atom is 0.329 e. The zero-order valence-electron chi connectivity index (χ0n) is 13.9. The number of hydrogen-bond donors (Lipinski definition) is 3. The van der Waals surface area contributed by atoms with Crippen LogP contribution in [0.15, 0.2) is 41.5 Å². The molecular formula is C17H16ClN3O5. The fraction of sp³-hybridized carbons (Fsp3) is 0.118. The molecule has 0 bridgehead atoms. The minimum absolute atomic E-state index is 0.134. The van der Waals surface area contributed by atoms with Crippen LogP contribution in [-0.2, 0) is 9.59 Å². The summed E-state index contributed by atoms with van der Waals surface area (Å²) in [5, 5.41) is 16.2. The molecule has 3 N–H and O–H groups in total. The molecule has 0 aliphatic heterocycles. The van der Waals surface area contributed by atoms with Gasteiger partial charge in [-0.3, -0.25) is 9.59 Å². The molecule has 0 aliphatic rings. The average Bonchev–Trinajstić information content (AvgIpc) is 2.63. The maximum atomic E-state index is 11.8. The number of ether oxygens (including phenoxy) is 2. The topological polar surface area (TPSA) is 109 Å². The van der Waals surface area contributed by atoms with Gasteiger partial charge in [0.2, 0.25) is 0 Å². The molecule has 0 unspecified atom stereocenters. The summed E-state index contributed by atoms with van der Waals surface area (Å²) in [5.74, 6) is -1.36. The number of rotatable bonds is 5. The van der Waals surface area contributed by atoms with Gasteiger partial charge in [-0.25, -0.2) is 5.43 Å². The number of hydrogen-bond acceptors (Lipinski definition) is 6. The molecule has 0 aromatic heterocycles. The van der Waals surface area contributed by atoms with Gasteiger partial charge in [0.05, 0.1) is 25.5 Å². The van der Waals surface area contributed by atoms with Gasteiger partial charge < -0.3 is 19.9 Å². The van der Waals surface area contributed by atoms with Crippen LogP contribution in [0.1, 0.15) is 5.56 Å². The SMILES string of the molecule is COc1ccc(NC(=O)C(=O)N/N=C\c2cccc(OC)c2O)cc1Cl. The Morgan fingerprint density at radius 3 is 2.50 bits per heavy atom. The molecule has 2 rings (SSSR count). The lowest BCUT2D eigenvalue weighted by Gasteiger charge is -2.07. The largest absolute Gasteiger partial charge is 0.504 e. The predicted molar refractivity (Wildman–Crippen MR) is 97.0 cm³/mol. The van der Waals surface area contributed by atoms with Crippen LogP contribution in [0.5, 0.6) is 17.2 Å². The van der Waals surface area contributed by atoms with Crippen molar-refractivity contribution in [2.24, 2.45) is 5.10 Å². The number of nitrogens with one attached hydrogen (secondary N) is 2. The van der Waals surface area contributed by atoms with E-state index in [-0.39, 0.29) is 16.5 Å². The number of aromatic hydroxyl groups is 1. The van der Waals surface area contributed by atoms with E-state index in [1.807, 2.05) is 0 Å². The number of para-hydroxylation sites is 1. The number of carbonyl (C=O) groups excluding carboxylic acids is 2. The summed E-state index contributed by atoms with van der Waals surface area (Å²) in [7, 11) is 2.87. The van der Waals surface area contributed by atoms with Crippen LogP contribution < -0.4 is 20.2 Å². The fourth-order valence-corrected chi connectivity index (χ4v) is 2.21. The van der Waals surface area contributed by atoms with Crippen LogP contribution in [0.3, 0.4) is 0 Å². The van der Waals surface area contributed by atoms with Gasteiger partial charge in [-0.15, -0.1) is 0 Å². The first kappa shape index (κ1) is 19.1. The number of amides is 2. The Kier molecular flexibility index (Phi) is 6.40. The number of phenols is 1. The van der Waals surface area contributed by atoms with Gasteiger partial charge in [0.25, 0.3) is 0 Å². The lowest BCUT2D eigenvalue weighted by Crippen LogP contribution is -2.32. The Hall–Kier alpha value is -3.26. The Labute approximate surface area is 154 Å². The van der Waals surface area contributed by atoms with Crippen LogP contribution in [0, 0.1) is 0 Å². The summed E-state index contributed by atoms with van der Waals surface area (Å²) >= 11 is 5.95. The van der Waals surface area contributed by atoms with Crippen LogP contribution in [0.2, 0.25) is 5.02 Å². The highest BCUT2D eigenvalue weighted by Crippen LogP contribution is 2.28. The van der Waals surface area contributed by atoms with E-state index in [1.165, 1.54) is 32.6 Å². The standard InChI is InChI=1S/C17H16ClN3O5/c1-25-13-7-6-11(8-12(13)18)20-16(23)17(24)21-19-9-10-4-3-5-14(26-2)15(10)22/h3-9,22H,1-2H3,(H,20,23)(H,21,24)/b19-9-. The number of anilines is 1. The highest BCUT2D eigenvalue weighted by Gasteiger charge is 2.14. The van der Waals surface area contributed by atoms with E-state index >= 15 is 0 Å². The van der Waals surface area contributed by atoms with Crippen molar-refractivity contribution in [3.63, 3.8) is 0 Å². The minimum atomic E-state index is -0.990. The van der Waals surface area contributed by atoms with Gasteiger partial charge in [0.15, 0.2) is 11.5 Å². The van der Waals surface area contributed by atoms with Gasteiger partial charge in [0, 0.05) is 11.3 Å². The Morgan fingerprint density at radius 1 is 1.12 bits per heavy atom. The fourth-order valence-electron chi connectivity index (χ4n) is 1.95. The highest BCUT2D eigenvalue weighted by molar-refractivity contribution is 6.40. The van der Waals surface area contributed by atoms with Crippen molar-refractivity contribution >= 4 is 35.3 Å². The molecule has 0 fully saturated rings. The molecule has 0 radical (unpaired) electrons. The van der Waals surface area contributed by atoms with Gasteiger partial charge in [-0.1, -0.05) is 17.7 Å². The molecule has 0 aliphatic carbocycles. The molecule has 2 aromatic rings. The van der Waals surface area contributed by atoms with Crippen molar-refractivity contribution < 1.29 is 24.2 Å². The first-order valence-electron chi connectivity index (χ1n) is 7.30. The molecule has 8 nitrogen and oxygen atoms in total. The lowest BCUT2D eigenvalue weighted by atomic mass is 10.2. The van der Waals surface area contributed by atoms with Crippen molar-refractivity contribution in [3.05, 3.63) is 47.0 Å². The number of phenolic OH excluding ortho intramolecular Hbond substituents is 1. The molecule has 0 atom stereocenters. The second-order valence-electron chi connectivity index (χ2n) is 4.90. The van der Waals surface area contributed by atoms with Crippen LogP contribution in [-0.4, -0.2) is 37.4 Å². The molecular weight excluding hydrogens is 362 g/mol. The van der Waals surface area contributed by atoms with E-state index in [1.54, 1.807) is 24.3 Å². The molecule has 0 heterocycles. The normalized spacial score (nSPS) is 10.4. The van der Waals surface area contributed by atoms with E-state index in [4.69, 9.17) is 21.1 Å². The first-order valence-corrected chi connectivity index (χ1v) is 7.68. The summed E-state index contributed by atoms with van der Waals surface area (Å²) in [6, 6.07) is 9.31. The third-order valence-corrected chi connectivity index (χ3v) is 3.53. The number of halogens is 1. The molecule has 2 aromatic carbocycles. The van der Waals surface area contributed by atoms with Gasteiger partial charge >= 0.3 is 11.8 Å². The number of carbonyl (C=O) groups is 2. The van der Waals surface area contributed by atoms with Crippen molar-refractivity contribution in [1.29, 1.82) is 0 Å². The zero-order chi connectivity index (χ0) is 19.1. The Bertz CT molecular complexity index is 854. The van der Waals surface area contributed by atoms with Crippen molar-refractivity contribution in [2.45, 2.75) is 0 Å². The molecule has 26 heavy (non-hydrogen) atoms. The van der Waals surface area contributed by atoms with Gasteiger partial charge in [0.1, 0.15) is 5.75 Å². The number of nitrogens with zero attached hydrogens (tertiary/aromatic N) is 1. The second kappa shape index (κ2) is 8.72. The molecule has 0 saturated carbocycles. The quantitative estimate of drug-likeness (QED) is 0.420. The summed E-state index contributed by atoms with van der Waals surface area (Å²) in [5.41, 5.74) is 2.70. The summed E-state index contributed by atoms with van der Waals surface area (Å²) in [6.45, 7) is 0. The monoisotopic (exact) mass is 377 g/mol. The predicted octanol–water partition coefficient (Wildman–Crippen LogP) is 2.15. The van der Waals surface area contributed by atoms with E-state index < -0.39 is 11.8 Å². The van der Waals surface area contributed by atoms with Gasteiger partial charge in [-0.05, 0) is 30.3 Å². The third kappa shape index (κ3) is 4.64. The lowest BCUT2D eigenvalue weighted by molar-refractivity contribution is -0.136. The average molecular weight is 378 g/mol. The van der Waals surface area contributed by atoms with E-state index in [0.29, 0.717) is 17.0 Å². The van der Waals surface area contributed by atoms with Crippen LogP contribution in [0.4, 0.5) is 5.69 Å². The highest BCUT2D eigenvalue weighted by atomic mass is 35.5. The summed E-state index contributed by atoms with van der Waals surface area (Å²) < 4.78 is 9.96. The first-order chi connectivity index (χ1) is 12.5. The maximum absolute atomic E-state index is 11.8. The van der Waals surface area contributed by atoms with Crippen LogP contribution in [0.25, 0.3) is 0 Å². The number of methoxy groups -OCH3 is 2. The van der Waals surface area contributed by atoms with Crippen molar-refractivity contribution in [1.82, 2.24) is 5.43 Å². The third-order valence-electron chi connectivity index (χ3n) is 3.24. The van der Waals surface area contributed by atoms with E-state index in [0.717, 1.165) is 0 Å². The smallest absolute Gasteiger partial charge is 0.329 e. The molecule has 0 spiro atoms. The van der Waals surface area contributed by atoms with Crippen molar-refractivity contribution in [3.8, 4) is 17.2 Å². The zero-order valence-corrected chi connectivity index (χ0v) is 14.7.